The van der Waals surface area contributed by atoms with E-state index in [1.807, 2.05) is 6.07 Å². The second-order valence-corrected chi connectivity index (χ2v) is 4.95. The van der Waals surface area contributed by atoms with Gasteiger partial charge in [0.05, 0.1) is 12.2 Å². The molecule has 0 aliphatic carbocycles. The predicted molar refractivity (Wildman–Crippen MR) is 61.3 cm³/mol. The second-order valence-electron chi connectivity index (χ2n) is 4.95. The molecule has 86 valence electrons. The summed E-state index contributed by atoms with van der Waals surface area (Å²) >= 11 is 0. The lowest BCUT2D eigenvalue weighted by Gasteiger charge is -2.33. The third-order valence-corrected chi connectivity index (χ3v) is 3.27. The van der Waals surface area contributed by atoms with Crippen LogP contribution in [0.1, 0.15) is 41.8 Å². The van der Waals surface area contributed by atoms with Crippen LogP contribution in [0.4, 0.5) is 0 Å². The highest BCUT2D eigenvalue weighted by Gasteiger charge is 2.30. The molecule has 0 unspecified atom stereocenters. The molecule has 1 aliphatic rings. The lowest BCUT2D eigenvalue weighted by atomic mass is 9.78. The fourth-order valence-corrected chi connectivity index (χ4v) is 2.11. The largest absolute Gasteiger partial charge is 0.493 e. The van der Waals surface area contributed by atoms with E-state index in [-0.39, 0.29) is 5.41 Å². The van der Waals surface area contributed by atoms with E-state index in [0.717, 1.165) is 23.3 Å². The smallest absolute Gasteiger partial charge is 0.335 e. The van der Waals surface area contributed by atoms with E-state index in [1.54, 1.807) is 13.0 Å². The quantitative estimate of drug-likeness (QED) is 0.791. The number of ether oxygens (including phenoxy) is 1. The van der Waals surface area contributed by atoms with Crippen LogP contribution >= 0.6 is 0 Å². The minimum atomic E-state index is -0.873. The highest BCUT2D eigenvalue weighted by Crippen LogP contribution is 2.39. The van der Waals surface area contributed by atoms with Gasteiger partial charge < -0.3 is 9.84 Å². The summed E-state index contributed by atoms with van der Waals surface area (Å²) in [4.78, 5) is 11.1. The predicted octanol–water partition coefficient (Wildman–Crippen LogP) is 2.75. The Morgan fingerprint density at radius 3 is 2.75 bits per heavy atom. The van der Waals surface area contributed by atoms with E-state index in [4.69, 9.17) is 9.84 Å². The van der Waals surface area contributed by atoms with Crippen molar-refractivity contribution in [2.75, 3.05) is 6.61 Å². The van der Waals surface area contributed by atoms with Crippen LogP contribution in [0, 0.1) is 6.92 Å². The van der Waals surface area contributed by atoms with E-state index in [2.05, 4.69) is 13.8 Å². The highest BCUT2D eigenvalue weighted by atomic mass is 16.5. The zero-order valence-electron chi connectivity index (χ0n) is 9.83. The molecule has 0 amide bonds. The van der Waals surface area contributed by atoms with Crippen LogP contribution in [-0.4, -0.2) is 17.7 Å². The summed E-state index contributed by atoms with van der Waals surface area (Å²) in [6, 6.07) is 3.59. The van der Waals surface area contributed by atoms with Crippen molar-refractivity contribution in [3.63, 3.8) is 0 Å². The van der Waals surface area contributed by atoms with Crippen LogP contribution in [-0.2, 0) is 5.41 Å². The molecule has 0 aromatic heterocycles. The van der Waals surface area contributed by atoms with Crippen molar-refractivity contribution in [1.82, 2.24) is 0 Å². The summed E-state index contributed by atoms with van der Waals surface area (Å²) < 4.78 is 5.58. The Hall–Kier alpha value is -1.51. The minimum absolute atomic E-state index is 0.00845. The van der Waals surface area contributed by atoms with Crippen molar-refractivity contribution in [2.24, 2.45) is 0 Å². The molecule has 2 rings (SSSR count). The first kappa shape index (κ1) is 11.0. The normalized spacial score (nSPS) is 17.4. The molecule has 1 N–H and O–H groups in total. The number of carboxylic acid groups (broad SMARTS) is 1. The Labute approximate surface area is 95.0 Å². The molecule has 3 heteroatoms. The van der Waals surface area contributed by atoms with Gasteiger partial charge in [-0.05, 0) is 36.5 Å². The molecule has 1 heterocycles. The second kappa shape index (κ2) is 3.51. The van der Waals surface area contributed by atoms with Crippen LogP contribution in [0.25, 0.3) is 0 Å². The van der Waals surface area contributed by atoms with Gasteiger partial charge in [-0.3, -0.25) is 0 Å². The molecule has 0 atom stereocenters. The van der Waals surface area contributed by atoms with Crippen molar-refractivity contribution < 1.29 is 14.6 Å². The van der Waals surface area contributed by atoms with Crippen LogP contribution in [0.2, 0.25) is 0 Å². The number of benzene rings is 1. The maximum Gasteiger partial charge on any atom is 0.335 e. The molecular formula is C13H16O3. The van der Waals surface area contributed by atoms with E-state index in [1.165, 1.54) is 0 Å². The zero-order chi connectivity index (χ0) is 11.9. The van der Waals surface area contributed by atoms with Gasteiger partial charge in [-0.1, -0.05) is 13.8 Å². The summed E-state index contributed by atoms with van der Waals surface area (Å²) in [6.07, 6.45) is 0.919. The Morgan fingerprint density at radius 1 is 1.44 bits per heavy atom. The molecule has 0 saturated heterocycles. The fourth-order valence-electron chi connectivity index (χ4n) is 2.11. The number of hydrogen-bond acceptors (Lipinski definition) is 2. The van der Waals surface area contributed by atoms with Gasteiger partial charge in [0.15, 0.2) is 0 Å². The van der Waals surface area contributed by atoms with Gasteiger partial charge in [0.25, 0.3) is 0 Å². The third-order valence-electron chi connectivity index (χ3n) is 3.27. The highest BCUT2D eigenvalue weighted by molar-refractivity contribution is 5.90. The van der Waals surface area contributed by atoms with E-state index < -0.39 is 5.97 Å². The van der Waals surface area contributed by atoms with Crippen molar-refractivity contribution in [2.45, 2.75) is 32.6 Å². The van der Waals surface area contributed by atoms with Crippen molar-refractivity contribution in [1.29, 1.82) is 0 Å². The van der Waals surface area contributed by atoms with Gasteiger partial charge in [-0.15, -0.1) is 0 Å². The van der Waals surface area contributed by atoms with Crippen LogP contribution in [0.3, 0.4) is 0 Å². The lowest BCUT2D eigenvalue weighted by molar-refractivity contribution is 0.0695. The zero-order valence-corrected chi connectivity index (χ0v) is 9.83. The minimum Gasteiger partial charge on any atom is -0.493 e. The Kier molecular flexibility index (Phi) is 2.41. The van der Waals surface area contributed by atoms with E-state index >= 15 is 0 Å². The molecule has 3 nitrogen and oxygen atoms in total. The van der Waals surface area contributed by atoms with Gasteiger partial charge in [0, 0.05) is 5.56 Å². The standard InChI is InChI=1S/C13H16O3/c1-8-6-11-10(7-9(8)12(14)15)13(2,3)4-5-16-11/h6-7H,4-5H2,1-3H3,(H,14,15). The number of carboxylic acids is 1. The first-order valence-electron chi connectivity index (χ1n) is 5.43. The Balaban J connectivity index is 2.62. The molecule has 1 aromatic carbocycles. The molecule has 0 fully saturated rings. The first-order valence-corrected chi connectivity index (χ1v) is 5.43. The van der Waals surface area contributed by atoms with E-state index in [0.29, 0.717) is 12.2 Å². The van der Waals surface area contributed by atoms with Gasteiger partial charge in [-0.25, -0.2) is 4.79 Å². The summed E-state index contributed by atoms with van der Waals surface area (Å²) in [6.45, 7) is 6.74. The topological polar surface area (TPSA) is 46.5 Å². The maximum absolute atomic E-state index is 11.1. The van der Waals surface area contributed by atoms with Gasteiger partial charge in [0.2, 0.25) is 0 Å². The van der Waals surface area contributed by atoms with Crippen molar-refractivity contribution in [3.05, 3.63) is 28.8 Å². The average molecular weight is 220 g/mol. The SMILES string of the molecule is Cc1cc2c(cc1C(=O)O)C(C)(C)CCO2. The monoisotopic (exact) mass is 220 g/mol. The number of aryl methyl sites for hydroxylation is 1. The fraction of sp³-hybridized carbons (Fsp3) is 0.462. The summed E-state index contributed by atoms with van der Waals surface area (Å²) in [5, 5.41) is 9.10. The Morgan fingerprint density at radius 2 is 2.12 bits per heavy atom. The molecule has 1 aliphatic heterocycles. The number of hydrogen-bond donors (Lipinski definition) is 1. The molecule has 0 saturated carbocycles. The molecule has 0 radical (unpaired) electrons. The summed E-state index contributed by atoms with van der Waals surface area (Å²) in [5.41, 5.74) is 2.12. The van der Waals surface area contributed by atoms with Crippen LogP contribution in [0.15, 0.2) is 12.1 Å². The summed E-state index contributed by atoms with van der Waals surface area (Å²) in [5.74, 6) is -0.0413. The van der Waals surface area contributed by atoms with Gasteiger partial charge in [0.1, 0.15) is 5.75 Å². The van der Waals surface area contributed by atoms with Crippen molar-refractivity contribution in [3.8, 4) is 5.75 Å². The molecule has 1 aromatic rings. The Bertz CT molecular complexity index is 447. The maximum atomic E-state index is 11.1. The van der Waals surface area contributed by atoms with Gasteiger partial charge in [-0.2, -0.15) is 0 Å². The molecule has 0 bridgehead atoms. The van der Waals surface area contributed by atoms with E-state index in [9.17, 15) is 4.79 Å². The lowest BCUT2D eigenvalue weighted by Crippen LogP contribution is -2.27. The van der Waals surface area contributed by atoms with Crippen LogP contribution < -0.4 is 4.74 Å². The number of rotatable bonds is 1. The number of carbonyl (C=O) groups is 1. The summed E-state index contributed by atoms with van der Waals surface area (Å²) in [7, 11) is 0. The molecule has 16 heavy (non-hydrogen) atoms. The first-order chi connectivity index (χ1) is 7.42. The molecular weight excluding hydrogens is 204 g/mol. The van der Waals surface area contributed by atoms with Crippen molar-refractivity contribution >= 4 is 5.97 Å². The number of aromatic carboxylic acids is 1. The number of fused-ring (bicyclic) bond motifs is 1. The average Bonchev–Trinajstić information content (AvgIpc) is 2.15. The molecule has 0 spiro atoms. The third kappa shape index (κ3) is 1.66. The van der Waals surface area contributed by atoms with Crippen LogP contribution in [0.5, 0.6) is 5.75 Å². The van der Waals surface area contributed by atoms with Gasteiger partial charge >= 0.3 is 5.97 Å².